The van der Waals surface area contributed by atoms with E-state index < -0.39 is 5.97 Å². The number of anilines is 2. The average Bonchev–Trinajstić information content (AvgIpc) is 2.85. The molecule has 4 aromatic carbocycles. The monoisotopic (exact) mass is 467 g/mol. The van der Waals surface area contributed by atoms with Gasteiger partial charge in [0.25, 0.3) is 0 Å². The van der Waals surface area contributed by atoms with Gasteiger partial charge in [-0.25, -0.2) is 4.79 Å². The molecule has 35 heavy (non-hydrogen) atoms. The SMILES string of the molecule is CC(=O)N(c1ccc(Oc2cccc(OCc3ccccc3)c2)cc1)c1ccc(C)cc1C(=O)O. The van der Waals surface area contributed by atoms with Gasteiger partial charge in [-0.3, -0.25) is 9.69 Å². The predicted octanol–water partition coefficient (Wildman–Crippen LogP) is 6.75. The maximum Gasteiger partial charge on any atom is 0.337 e. The van der Waals surface area contributed by atoms with E-state index >= 15 is 0 Å². The maximum atomic E-state index is 12.5. The lowest BCUT2D eigenvalue weighted by atomic mass is 10.1. The standard InChI is InChI=1S/C29H25NO5/c1-20-11-16-28(27(17-20)29(32)33)30(21(2)31)23-12-14-24(15-13-23)35-26-10-6-9-25(18-26)34-19-22-7-4-3-5-8-22/h3-18H,19H2,1-2H3,(H,32,33). The summed E-state index contributed by atoms with van der Waals surface area (Å²) in [5.41, 5.74) is 2.79. The predicted molar refractivity (Wildman–Crippen MR) is 135 cm³/mol. The third kappa shape index (κ3) is 5.86. The molecule has 0 aliphatic heterocycles. The van der Waals surface area contributed by atoms with Gasteiger partial charge in [-0.05, 0) is 61.0 Å². The zero-order chi connectivity index (χ0) is 24.8. The summed E-state index contributed by atoms with van der Waals surface area (Å²) in [6, 6.07) is 29.1. The van der Waals surface area contributed by atoms with Crippen molar-refractivity contribution < 1.29 is 24.2 Å². The zero-order valence-electron chi connectivity index (χ0n) is 19.5. The lowest BCUT2D eigenvalue weighted by Crippen LogP contribution is -2.24. The van der Waals surface area contributed by atoms with E-state index in [0.29, 0.717) is 35.2 Å². The fourth-order valence-electron chi connectivity index (χ4n) is 3.67. The molecule has 176 valence electrons. The molecule has 0 fully saturated rings. The minimum Gasteiger partial charge on any atom is -0.489 e. The van der Waals surface area contributed by atoms with Gasteiger partial charge in [-0.15, -0.1) is 0 Å². The first-order valence-electron chi connectivity index (χ1n) is 11.1. The molecule has 0 aliphatic rings. The number of ether oxygens (including phenoxy) is 2. The van der Waals surface area contributed by atoms with E-state index in [2.05, 4.69) is 0 Å². The van der Waals surface area contributed by atoms with Gasteiger partial charge in [0.2, 0.25) is 5.91 Å². The summed E-state index contributed by atoms with van der Waals surface area (Å²) in [5, 5.41) is 9.63. The van der Waals surface area contributed by atoms with E-state index in [4.69, 9.17) is 9.47 Å². The number of hydrogen-bond acceptors (Lipinski definition) is 4. The first kappa shape index (κ1) is 23.6. The molecule has 0 aliphatic carbocycles. The molecule has 6 heteroatoms. The lowest BCUT2D eigenvalue weighted by molar-refractivity contribution is -0.115. The van der Waals surface area contributed by atoms with Crippen LogP contribution in [0.2, 0.25) is 0 Å². The highest BCUT2D eigenvalue weighted by molar-refractivity contribution is 6.05. The van der Waals surface area contributed by atoms with Crippen molar-refractivity contribution >= 4 is 23.3 Å². The minimum absolute atomic E-state index is 0.0628. The Balaban J connectivity index is 1.51. The number of aromatic carboxylic acids is 1. The van der Waals surface area contributed by atoms with Gasteiger partial charge in [0.05, 0.1) is 11.3 Å². The molecule has 0 saturated heterocycles. The van der Waals surface area contributed by atoms with Crippen molar-refractivity contribution in [2.45, 2.75) is 20.5 Å². The second kappa shape index (κ2) is 10.6. The Morgan fingerprint density at radius 3 is 2.20 bits per heavy atom. The van der Waals surface area contributed by atoms with Crippen LogP contribution in [-0.2, 0) is 11.4 Å². The zero-order valence-corrected chi connectivity index (χ0v) is 19.5. The van der Waals surface area contributed by atoms with Crippen molar-refractivity contribution in [3.63, 3.8) is 0 Å². The Morgan fingerprint density at radius 2 is 1.51 bits per heavy atom. The van der Waals surface area contributed by atoms with Crippen LogP contribution in [0.25, 0.3) is 0 Å². The van der Waals surface area contributed by atoms with Crippen molar-refractivity contribution in [3.8, 4) is 17.2 Å². The van der Waals surface area contributed by atoms with Gasteiger partial charge in [0.15, 0.2) is 0 Å². The second-order valence-electron chi connectivity index (χ2n) is 8.03. The number of benzene rings is 4. The van der Waals surface area contributed by atoms with Crippen LogP contribution >= 0.6 is 0 Å². The number of amides is 1. The third-order valence-electron chi connectivity index (χ3n) is 5.32. The Kier molecular flexibility index (Phi) is 7.12. The van der Waals surface area contributed by atoms with Gasteiger partial charge in [0, 0.05) is 18.7 Å². The van der Waals surface area contributed by atoms with Crippen LogP contribution in [0.15, 0.2) is 97.1 Å². The van der Waals surface area contributed by atoms with Gasteiger partial charge >= 0.3 is 5.97 Å². The summed E-state index contributed by atoms with van der Waals surface area (Å²) >= 11 is 0. The maximum absolute atomic E-state index is 12.5. The van der Waals surface area contributed by atoms with Crippen molar-refractivity contribution in [1.82, 2.24) is 0 Å². The van der Waals surface area contributed by atoms with Gasteiger partial charge in [0.1, 0.15) is 23.9 Å². The molecule has 0 spiro atoms. The molecule has 0 bridgehead atoms. The van der Waals surface area contributed by atoms with Crippen LogP contribution in [0.4, 0.5) is 11.4 Å². The van der Waals surface area contributed by atoms with Gasteiger partial charge in [-0.2, -0.15) is 0 Å². The molecule has 0 unspecified atom stereocenters. The number of aryl methyl sites for hydroxylation is 1. The van der Waals surface area contributed by atoms with E-state index in [0.717, 1.165) is 11.1 Å². The lowest BCUT2D eigenvalue weighted by Gasteiger charge is -2.23. The van der Waals surface area contributed by atoms with Gasteiger partial charge in [-0.1, -0.05) is 48.0 Å². The van der Waals surface area contributed by atoms with E-state index in [1.165, 1.54) is 11.8 Å². The topological polar surface area (TPSA) is 76.1 Å². The van der Waals surface area contributed by atoms with E-state index in [1.807, 2.05) is 61.5 Å². The fourth-order valence-corrected chi connectivity index (χ4v) is 3.67. The molecule has 1 amide bonds. The average molecular weight is 468 g/mol. The van der Waals surface area contributed by atoms with Crippen molar-refractivity contribution in [1.29, 1.82) is 0 Å². The molecular formula is C29H25NO5. The highest BCUT2D eigenvalue weighted by atomic mass is 16.5. The van der Waals surface area contributed by atoms with Crippen LogP contribution in [0.1, 0.15) is 28.4 Å². The molecule has 4 aromatic rings. The fraction of sp³-hybridized carbons (Fsp3) is 0.103. The quantitative estimate of drug-likeness (QED) is 0.310. The normalized spacial score (nSPS) is 10.5. The number of carboxylic acids is 1. The summed E-state index contributed by atoms with van der Waals surface area (Å²) in [4.78, 5) is 25.6. The number of hydrogen-bond donors (Lipinski definition) is 1. The molecule has 0 atom stereocenters. The number of nitrogens with zero attached hydrogens (tertiary/aromatic N) is 1. The molecule has 4 rings (SSSR count). The Morgan fingerprint density at radius 1 is 0.800 bits per heavy atom. The molecule has 6 nitrogen and oxygen atoms in total. The minimum atomic E-state index is -1.09. The third-order valence-corrected chi connectivity index (χ3v) is 5.32. The Bertz CT molecular complexity index is 1330. The summed E-state index contributed by atoms with van der Waals surface area (Å²) in [6.45, 7) is 3.66. The number of carbonyl (C=O) groups is 2. The molecule has 0 radical (unpaired) electrons. The summed E-state index contributed by atoms with van der Waals surface area (Å²) in [7, 11) is 0. The summed E-state index contributed by atoms with van der Waals surface area (Å²) in [5.74, 6) is 0.474. The van der Waals surface area contributed by atoms with Crippen molar-refractivity contribution in [2.75, 3.05) is 4.90 Å². The molecule has 0 saturated carbocycles. The molecule has 0 heterocycles. The van der Waals surface area contributed by atoms with Gasteiger partial charge < -0.3 is 14.6 Å². The number of carbonyl (C=O) groups excluding carboxylic acids is 1. The summed E-state index contributed by atoms with van der Waals surface area (Å²) in [6.07, 6.45) is 0. The highest BCUT2D eigenvalue weighted by Crippen LogP contribution is 2.32. The Hall–Kier alpha value is -4.58. The van der Waals surface area contributed by atoms with Crippen LogP contribution in [-0.4, -0.2) is 17.0 Å². The Labute approximate surface area is 204 Å². The van der Waals surface area contributed by atoms with Crippen LogP contribution in [0, 0.1) is 6.92 Å². The van der Waals surface area contributed by atoms with Crippen molar-refractivity contribution in [2.24, 2.45) is 0 Å². The summed E-state index contributed by atoms with van der Waals surface area (Å²) < 4.78 is 11.8. The van der Waals surface area contributed by atoms with Crippen LogP contribution in [0.5, 0.6) is 17.2 Å². The molecular weight excluding hydrogens is 442 g/mol. The largest absolute Gasteiger partial charge is 0.489 e. The highest BCUT2D eigenvalue weighted by Gasteiger charge is 2.21. The first-order valence-corrected chi connectivity index (χ1v) is 11.1. The van der Waals surface area contributed by atoms with E-state index in [-0.39, 0.29) is 11.5 Å². The molecule has 1 N–H and O–H groups in total. The smallest absolute Gasteiger partial charge is 0.337 e. The van der Waals surface area contributed by atoms with Crippen molar-refractivity contribution in [3.05, 3.63) is 114 Å². The second-order valence-corrected chi connectivity index (χ2v) is 8.03. The van der Waals surface area contributed by atoms with E-state index in [9.17, 15) is 14.7 Å². The van der Waals surface area contributed by atoms with Crippen LogP contribution in [0.3, 0.4) is 0 Å². The number of rotatable bonds is 8. The van der Waals surface area contributed by atoms with E-state index in [1.54, 1.807) is 42.5 Å². The van der Waals surface area contributed by atoms with Crippen LogP contribution < -0.4 is 14.4 Å². The molecule has 0 aromatic heterocycles. The first-order chi connectivity index (χ1) is 16.9. The number of carboxylic acid groups (broad SMARTS) is 1.